The van der Waals surface area contributed by atoms with E-state index in [1.807, 2.05) is 0 Å². The van der Waals surface area contributed by atoms with E-state index >= 15 is 0 Å². The van der Waals surface area contributed by atoms with Crippen LogP contribution in [-0.4, -0.2) is 0 Å². The lowest BCUT2D eigenvalue weighted by molar-refractivity contribution is 0.370. The van der Waals surface area contributed by atoms with Gasteiger partial charge in [0.05, 0.1) is 0 Å². The molecule has 0 spiro atoms. The Hall–Kier alpha value is 0. The molecule has 0 bridgehead atoms. The van der Waals surface area contributed by atoms with Gasteiger partial charge in [0.25, 0.3) is 0 Å². The SMILES string of the molecule is CCCCCCCCCCCCCCCCCC(CCCC)CCCCCCCCCCCCCCC. The van der Waals surface area contributed by atoms with Crippen LogP contribution in [0.5, 0.6) is 0 Å². The molecule has 0 fully saturated rings. The number of unbranched alkanes of at least 4 members (excludes halogenated alkanes) is 27. The first kappa shape index (κ1) is 37.0. The largest absolute Gasteiger partial charge is 0.0654 e. The summed E-state index contributed by atoms with van der Waals surface area (Å²) < 4.78 is 0. The van der Waals surface area contributed by atoms with Crippen molar-refractivity contribution in [3.8, 4) is 0 Å². The van der Waals surface area contributed by atoms with E-state index in [1.54, 1.807) is 0 Å². The van der Waals surface area contributed by atoms with Crippen LogP contribution in [0.1, 0.15) is 233 Å². The third-order valence-electron chi connectivity index (χ3n) is 8.90. The van der Waals surface area contributed by atoms with Gasteiger partial charge in [-0.25, -0.2) is 0 Å². The summed E-state index contributed by atoms with van der Waals surface area (Å²) in [5, 5.41) is 0. The highest BCUT2D eigenvalue weighted by Crippen LogP contribution is 2.24. The molecule has 0 nitrogen and oxygen atoms in total. The summed E-state index contributed by atoms with van der Waals surface area (Å²) in [5.74, 6) is 1.04. The van der Waals surface area contributed by atoms with Crippen molar-refractivity contribution in [3.63, 3.8) is 0 Å². The Labute approximate surface area is 238 Å². The van der Waals surface area contributed by atoms with E-state index in [0.717, 1.165) is 5.92 Å². The summed E-state index contributed by atoms with van der Waals surface area (Å²) in [6.07, 6.45) is 48.8. The molecule has 1 atom stereocenters. The summed E-state index contributed by atoms with van der Waals surface area (Å²) in [5.41, 5.74) is 0. The van der Waals surface area contributed by atoms with Crippen molar-refractivity contribution in [2.24, 2.45) is 5.92 Å². The second kappa shape index (κ2) is 34.0. The highest BCUT2D eigenvalue weighted by molar-refractivity contribution is 4.62. The predicted octanol–water partition coefficient (Wildman–Crippen LogP) is 14.5. The summed E-state index contributed by atoms with van der Waals surface area (Å²) in [4.78, 5) is 0. The molecule has 224 valence electrons. The first-order valence-corrected chi connectivity index (χ1v) is 18.3. The first-order chi connectivity index (χ1) is 18.3. The van der Waals surface area contributed by atoms with Crippen molar-refractivity contribution in [2.45, 2.75) is 233 Å². The zero-order valence-electron chi connectivity index (χ0n) is 26.9. The third-order valence-corrected chi connectivity index (χ3v) is 8.90. The van der Waals surface area contributed by atoms with Gasteiger partial charge in [0.1, 0.15) is 0 Å². The zero-order valence-corrected chi connectivity index (χ0v) is 26.9. The minimum absolute atomic E-state index is 1.04. The molecule has 0 aromatic carbocycles. The highest BCUT2D eigenvalue weighted by atomic mass is 14.1. The molecule has 0 N–H and O–H groups in total. The normalized spacial score (nSPS) is 12.4. The molecule has 0 heteroatoms. The molecular formula is C37H76. The van der Waals surface area contributed by atoms with Gasteiger partial charge in [-0.05, 0) is 5.92 Å². The van der Waals surface area contributed by atoms with Crippen molar-refractivity contribution in [3.05, 3.63) is 0 Å². The van der Waals surface area contributed by atoms with Crippen LogP contribution in [0.2, 0.25) is 0 Å². The van der Waals surface area contributed by atoms with Gasteiger partial charge in [0, 0.05) is 0 Å². The van der Waals surface area contributed by atoms with Crippen molar-refractivity contribution in [1.82, 2.24) is 0 Å². The Morgan fingerprint density at radius 2 is 0.405 bits per heavy atom. The quantitative estimate of drug-likeness (QED) is 0.0754. The monoisotopic (exact) mass is 521 g/mol. The fourth-order valence-corrected chi connectivity index (χ4v) is 6.18. The van der Waals surface area contributed by atoms with Gasteiger partial charge in [-0.15, -0.1) is 0 Å². The molecule has 1 unspecified atom stereocenters. The highest BCUT2D eigenvalue weighted by Gasteiger charge is 2.08. The van der Waals surface area contributed by atoms with E-state index in [9.17, 15) is 0 Å². The van der Waals surface area contributed by atoms with Crippen LogP contribution in [-0.2, 0) is 0 Å². The van der Waals surface area contributed by atoms with Gasteiger partial charge < -0.3 is 0 Å². The lowest BCUT2D eigenvalue weighted by Crippen LogP contribution is -2.01. The maximum Gasteiger partial charge on any atom is -0.0414 e. The molecule has 0 aliphatic heterocycles. The second-order valence-electron chi connectivity index (χ2n) is 12.8. The van der Waals surface area contributed by atoms with Gasteiger partial charge in [-0.2, -0.15) is 0 Å². The summed E-state index contributed by atoms with van der Waals surface area (Å²) >= 11 is 0. The molecule has 0 amide bonds. The minimum Gasteiger partial charge on any atom is -0.0654 e. The van der Waals surface area contributed by atoms with E-state index in [2.05, 4.69) is 20.8 Å². The van der Waals surface area contributed by atoms with Gasteiger partial charge >= 0.3 is 0 Å². The van der Waals surface area contributed by atoms with Crippen molar-refractivity contribution in [1.29, 1.82) is 0 Å². The molecule has 37 heavy (non-hydrogen) atoms. The van der Waals surface area contributed by atoms with E-state index in [0.29, 0.717) is 0 Å². The van der Waals surface area contributed by atoms with E-state index in [1.165, 1.54) is 212 Å². The molecule has 0 aliphatic rings. The second-order valence-corrected chi connectivity index (χ2v) is 12.8. The van der Waals surface area contributed by atoms with Gasteiger partial charge in [-0.1, -0.05) is 233 Å². The molecule has 0 saturated carbocycles. The van der Waals surface area contributed by atoms with Gasteiger partial charge in [-0.3, -0.25) is 0 Å². The maximum absolute atomic E-state index is 2.37. The number of hydrogen-bond acceptors (Lipinski definition) is 0. The average molecular weight is 521 g/mol. The smallest absolute Gasteiger partial charge is 0.0414 e. The van der Waals surface area contributed by atoms with Crippen molar-refractivity contribution in [2.75, 3.05) is 0 Å². The summed E-state index contributed by atoms with van der Waals surface area (Å²) in [6.45, 7) is 6.99. The van der Waals surface area contributed by atoms with Gasteiger partial charge in [0.2, 0.25) is 0 Å². The standard InChI is InChI=1S/C37H76/c1-4-7-10-12-14-16-18-20-21-23-25-27-29-31-33-36-37(34-9-6-3)35-32-30-28-26-24-22-19-17-15-13-11-8-5-2/h37H,4-36H2,1-3H3. The van der Waals surface area contributed by atoms with E-state index in [-0.39, 0.29) is 0 Å². The molecule has 0 rings (SSSR count). The topological polar surface area (TPSA) is 0 Å². The zero-order chi connectivity index (χ0) is 26.9. The Morgan fingerprint density at radius 3 is 0.649 bits per heavy atom. The van der Waals surface area contributed by atoms with Crippen molar-refractivity contribution < 1.29 is 0 Å². The average Bonchev–Trinajstić information content (AvgIpc) is 2.91. The third kappa shape index (κ3) is 32.1. The molecule has 0 saturated heterocycles. The fourth-order valence-electron chi connectivity index (χ4n) is 6.18. The van der Waals surface area contributed by atoms with Crippen LogP contribution in [0.15, 0.2) is 0 Å². The molecule has 0 aliphatic carbocycles. The Balaban J connectivity index is 3.46. The van der Waals surface area contributed by atoms with Crippen LogP contribution in [0.25, 0.3) is 0 Å². The predicted molar refractivity (Wildman–Crippen MR) is 173 cm³/mol. The molecule has 0 aromatic rings. The molecule has 0 radical (unpaired) electrons. The number of rotatable bonds is 33. The van der Waals surface area contributed by atoms with Crippen LogP contribution in [0.4, 0.5) is 0 Å². The van der Waals surface area contributed by atoms with E-state index in [4.69, 9.17) is 0 Å². The Bertz CT molecular complexity index is 372. The molecular weight excluding hydrogens is 444 g/mol. The number of hydrogen-bond donors (Lipinski definition) is 0. The Kier molecular flexibility index (Phi) is 34.0. The lowest BCUT2D eigenvalue weighted by atomic mass is 9.90. The van der Waals surface area contributed by atoms with Crippen molar-refractivity contribution >= 4 is 0 Å². The van der Waals surface area contributed by atoms with Crippen LogP contribution >= 0.6 is 0 Å². The molecule has 0 heterocycles. The van der Waals surface area contributed by atoms with Gasteiger partial charge in [0.15, 0.2) is 0 Å². The minimum atomic E-state index is 1.04. The maximum atomic E-state index is 2.37. The van der Waals surface area contributed by atoms with Crippen LogP contribution < -0.4 is 0 Å². The first-order valence-electron chi connectivity index (χ1n) is 18.3. The summed E-state index contributed by atoms with van der Waals surface area (Å²) in [6, 6.07) is 0. The lowest BCUT2D eigenvalue weighted by Gasteiger charge is -2.16. The van der Waals surface area contributed by atoms with Crippen LogP contribution in [0, 0.1) is 5.92 Å². The van der Waals surface area contributed by atoms with Crippen LogP contribution in [0.3, 0.4) is 0 Å². The molecule has 0 aromatic heterocycles. The van der Waals surface area contributed by atoms with E-state index < -0.39 is 0 Å². The summed E-state index contributed by atoms with van der Waals surface area (Å²) in [7, 11) is 0. The Morgan fingerprint density at radius 1 is 0.216 bits per heavy atom. The fraction of sp³-hybridized carbons (Fsp3) is 1.00.